The number of hydrogen-bond donors (Lipinski definition) is 3. The van der Waals surface area contributed by atoms with E-state index in [1.807, 2.05) is 0 Å². The zero-order chi connectivity index (χ0) is 27.0. The number of amides is 8. The molecule has 12 heteroatoms. The number of nitrogens with one attached hydrogen (secondary N) is 3. The number of nitrogens with zero attached hydrogens (tertiary/aromatic N) is 2. The van der Waals surface area contributed by atoms with Crippen molar-refractivity contribution >= 4 is 47.2 Å². The van der Waals surface area contributed by atoms with Gasteiger partial charge in [-0.05, 0) is 41.8 Å². The molecule has 3 heterocycles. The summed E-state index contributed by atoms with van der Waals surface area (Å²) in [7, 11) is 0. The minimum Gasteiger partial charge on any atom is -0.334 e. The third-order valence-corrected chi connectivity index (χ3v) is 6.66. The molecule has 0 saturated carbocycles. The third kappa shape index (κ3) is 4.75. The Balaban J connectivity index is 1.17. The fraction of sp³-hybridized carbons (Fsp3) is 0.269. The summed E-state index contributed by atoms with van der Waals surface area (Å²) in [5, 5.41) is 7.51. The summed E-state index contributed by atoms with van der Waals surface area (Å²) in [6.45, 7) is 0.251. The number of carbonyl (C=O) groups is 7. The SMILES string of the molecule is O=C1CCC(N2C(=O)c3ccc(CNC(=O)Nc4ccc(CN5C(=O)CCC5=O)cc4)cc3C2=O)C(=O)N1. The predicted molar refractivity (Wildman–Crippen MR) is 130 cm³/mol. The van der Waals surface area contributed by atoms with Crippen LogP contribution >= 0.6 is 0 Å². The van der Waals surface area contributed by atoms with E-state index in [0.717, 1.165) is 10.5 Å². The van der Waals surface area contributed by atoms with Gasteiger partial charge in [-0.3, -0.25) is 43.9 Å². The fourth-order valence-corrected chi connectivity index (χ4v) is 4.66. The van der Waals surface area contributed by atoms with E-state index in [1.54, 1.807) is 30.3 Å². The second-order valence-corrected chi connectivity index (χ2v) is 9.21. The van der Waals surface area contributed by atoms with Crippen LogP contribution in [-0.4, -0.2) is 57.3 Å². The number of piperidine rings is 1. The third-order valence-electron chi connectivity index (χ3n) is 6.66. The molecule has 38 heavy (non-hydrogen) atoms. The molecule has 2 saturated heterocycles. The van der Waals surface area contributed by atoms with Crippen molar-refractivity contribution in [1.29, 1.82) is 0 Å². The van der Waals surface area contributed by atoms with Crippen LogP contribution in [-0.2, 0) is 32.3 Å². The summed E-state index contributed by atoms with van der Waals surface area (Å²) in [5.74, 6) is -2.74. The van der Waals surface area contributed by atoms with E-state index >= 15 is 0 Å². The zero-order valence-electron chi connectivity index (χ0n) is 20.1. The van der Waals surface area contributed by atoms with Crippen molar-refractivity contribution in [3.8, 4) is 0 Å². The van der Waals surface area contributed by atoms with E-state index in [4.69, 9.17) is 0 Å². The Morgan fingerprint density at radius 2 is 1.50 bits per heavy atom. The van der Waals surface area contributed by atoms with Gasteiger partial charge in [0.1, 0.15) is 6.04 Å². The van der Waals surface area contributed by atoms with Gasteiger partial charge in [-0.15, -0.1) is 0 Å². The number of urea groups is 1. The summed E-state index contributed by atoms with van der Waals surface area (Å²) in [5.41, 5.74) is 2.11. The Kier molecular flexibility index (Phi) is 6.45. The standard InChI is InChI=1S/C26H23N5O7/c32-20-8-7-19(23(35)29-20)31-24(36)17-6-3-15(11-18(17)25(31)37)12-27-26(38)28-16-4-1-14(2-5-16)13-30-21(33)9-10-22(30)34/h1-6,11,19H,7-10,12-13H2,(H2,27,28,38)(H,29,32,35). The quantitative estimate of drug-likeness (QED) is 0.483. The molecule has 12 nitrogen and oxygen atoms in total. The first-order chi connectivity index (χ1) is 18.2. The molecule has 2 fully saturated rings. The number of likely N-dealkylation sites (tertiary alicyclic amines) is 1. The Hall–Kier alpha value is -4.87. The number of carbonyl (C=O) groups excluding carboxylic acids is 7. The van der Waals surface area contributed by atoms with Crippen molar-refractivity contribution in [1.82, 2.24) is 20.4 Å². The molecule has 2 aromatic rings. The summed E-state index contributed by atoms with van der Waals surface area (Å²) in [4.78, 5) is 87.4. The zero-order valence-corrected chi connectivity index (χ0v) is 20.1. The van der Waals surface area contributed by atoms with Gasteiger partial charge in [0.05, 0.1) is 17.7 Å². The number of imide groups is 3. The minimum atomic E-state index is -1.05. The number of rotatable bonds is 6. The summed E-state index contributed by atoms with van der Waals surface area (Å²) in [6, 6.07) is 9.77. The smallest absolute Gasteiger partial charge is 0.319 e. The van der Waals surface area contributed by atoms with Crippen LogP contribution in [0.3, 0.4) is 0 Å². The molecule has 8 amide bonds. The molecule has 3 aliphatic heterocycles. The summed E-state index contributed by atoms with van der Waals surface area (Å²) in [6.07, 6.45) is 0.561. The monoisotopic (exact) mass is 517 g/mol. The van der Waals surface area contributed by atoms with Gasteiger partial charge in [0, 0.05) is 31.5 Å². The Labute approximate surface area is 216 Å². The lowest BCUT2D eigenvalue weighted by atomic mass is 10.0. The van der Waals surface area contributed by atoms with Crippen molar-refractivity contribution in [2.75, 3.05) is 5.32 Å². The van der Waals surface area contributed by atoms with Crippen LogP contribution in [0.1, 0.15) is 57.5 Å². The van der Waals surface area contributed by atoms with Crippen LogP contribution in [0.2, 0.25) is 0 Å². The number of anilines is 1. The van der Waals surface area contributed by atoms with E-state index in [9.17, 15) is 33.6 Å². The molecule has 3 N–H and O–H groups in total. The van der Waals surface area contributed by atoms with E-state index in [1.165, 1.54) is 17.0 Å². The van der Waals surface area contributed by atoms with Gasteiger partial charge in [-0.25, -0.2) is 4.79 Å². The number of hydrogen-bond acceptors (Lipinski definition) is 7. The fourth-order valence-electron chi connectivity index (χ4n) is 4.66. The molecule has 0 aliphatic carbocycles. The van der Waals surface area contributed by atoms with Crippen LogP contribution in [0.15, 0.2) is 42.5 Å². The molecule has 194 valence electrons. The van der Waals surface area contributed by atoms with Gasteiger partial charge in [0.25, 0.3) is 11.8 Å². The number of fused-ring (bicyclic) bond motifs is 1. The van der Waals surface area contributed by atoms with Crippen LogP contribution in [0.25, 0.3) is 0 Å². The molecular formula is C26H23N5O7. The van der Waals surface area contributed by atoms with E-state index < -0.39 is 35.7 Å². The van der Waals surface area contributed by atoms with Gasteiger partial charge in [-0.1, -0.05) is 18.2 Å². The first kappa shape index (κ1) is 24.8. The lowest BCUT2D eigenvalue weighted by molar-refractivity contribution is -0.139. The van der Waals surface area contributed by atoms with Crippen LogP contribution < -0.4 is 16.0 Å². The highest BCUT2D eigenvalue weighted by Gasteiger charge is 2.44. The molecule has 1 unspecified atom stereocenters. The molecule has 0 bridgehead atoms. The van der Waals surface area contributed by atoms with Crippen LogP contribution in [0, 0.1) is 0 Å². The molecule has 0 spiro atoms. The highest BCUT2D eigenvalue weighted by molar-refractivity contribution is 6.23. The van der Waals surface area contributed by atoms with Gasteiger partial charge >= 0.3 is 6.03 Å². The Morgan fingerprint density at radius 3 is 2.18 bits per heavy atom. The van der Waals surface area contributed by atoms with Gasteiger partial charge in [0.2, 0.25) is 23.6 Å². The molecule has 1 atom stereocenters. The van der Waals surface area contributed by atoms with Crippen LogP contribution in [0.4, 0.5) is 10.5 Å². The van der Waals surface area contributed by atoms with E-state index in [2.05, 4.69) is 16.0 Å². The summed E-state index contributed by atoms with van der Waals surface area (Å²) < 4.78 is 0. The first-order valence-corrected chi connectivity index (χ1v) is 12.0. The maximum absolute atomic E-state index is 12.9. The molecule has 3 aliphatic rings. The normalized spacial score (nSPS) is 19.1. The van der Waals surface area contributed by atoms with E-state index in [-0.39, 0.29) is 61.7 Å². The van der Waals surface area contributed by atoms with Crippen molar-refractivity contribution in [3.05, 3.63) is 64.7 Å². The van der Waals surface area contributed by atoms with Gasteiger partial charge in [-0.2, -0.15) is 0 Å². The highest BCUT2D eigenvalue weighted by Crippen LogP contribution is 2.28. The maximum atomic E-state index is 12.9. The highest BCUT2D eigenvalue weighted by atomic mass is 16.2. The van der Waals surface area contributed by atoms with Crippen LogP contribution in [0.5, 0.6) is 0 Å². The lowest BCUT2D eigenvalue weighted by Gasteiger charge is -2.27. The minimum absolute atomic E-state index is 0.0363. The summed E-state index contributed by atoms with van der Waals surface area (Å²) >= 11 is 0. The van der Waals surface area contributed by atoms with Crippen molar-refractivity contribution < 1.29 is 33.6 Å². The predicted octanol–water partition coefficient (Wildman–Crippen LogP) is 1.06. The largest absolute Gasteiger partial charge is 0.334 e. The van der Waals surface area contributed by atoms with Gasteiger partial charge in [0.15, 0.2) is 0 Å². The Morgan fingerprint density at radius 1 is 0.842 bits per heavy atom. The van der Waals surface area contributed by atoms with Gasteiger partial charge < -0.3 is 10.6 Å². The molecule has 5 rings (SSSR count). The molecule has 0 aromatic heterocycles. The average Bonchev–Trinajstić information content (AvgIpc) is 3.34. The molecular weight excluding hydrogens is 494 g/mol. The van der Waals surface area contributed by atoms with E-state index in [0.29, 0.717) is 11.3 Å². The van der Waals surface area contributed by atoms with Crippen molar-refractivity contribution in [3.63, 3.8) is 0 Å². The second-order valence-electron chi connectivity index (χ2n) is 9.21. The van der Waals surface area contributed by atoms with Crippen molar-refractivity contribution in [2.45, 2.75) is 44.8 Å². The second kappa shape index (κ2) is 9.88. The lowest BCUT2D eigenvalue weighted by Crippen LogP contribution is -2.54. The average molecular weight is 517 g/mol. The molecule has 0 radical (unpaired) electrons. The van der Waals surface area contributed by atoms with Crippen molar-refractivity contribution in [2.24, 2.45) is 0 Å². The number of benzene rings is 2. The Bertz CT molecular complexity index is 1390. The maximum Gasteiger partial charge on any atom is 0.319 e. The molecule has 2 aromatic carbocycles. The topological polar surface area (TPSA) is 162 Å². The first-order valence-electron chi connectivity index (χ1n) is 12.0.